The van der Waals surface area contributed by atoms with Crippen LogP contribution < -0.4 is 21.3 Å². The van der Waals surface area contributed by atoms with Gasteiger partial charge < -0.3 is 4.74 Å². The van der Waals surface area contributed by atoms with Crippen molar-refractivity contribution in [3.8, 4) is 11.4 Å². The predicted octanol–water partition coefficient (Wildman–Crippen LogP) is -0.255. The van der Waals surface area contributed by atoms with E-state index in [-0.39, 0.29) is 5.95 Å². The normalized spacial score (nSPS) is 11.4. The molecule has 0 atom stereocenters. The van der Waals surface area contributed by atoms with E-state index in [9.17, 15) is 31.9 Å². The summed E-state index contributed by atoms with van der Waals surface area (Å²) in [7, 11) is 2.51. The number of anilines is 1. The monoisotopic (exact) mass is 430 g/mol. The first-order valence-electron chi connectivity index (χ1n) is 7.77. The Bertz CT molecular complexity index is 1250. The van der Waals surface area contributed by atoms with Crippen LogP contribution in [0.15, 0.2) is 27.8 Å². The Morgan fingerprint density at radius 1 is 1.17 bits per heavy atom. The zero-order valence-electron chi connectivity index (χ0n) is 15.0. The number of benzene rings is 1. The Kier molecular flexibility index (Phi) is 5.07. The van der Waals surface area contributed by atoms with Crippen LogP contribution in [0.2, 0.25) is 0 Å². The van der Waals surface area contributed by atoms with Gasteiger partial charge in [0.15, 0.2) is 11.6 Å². The molecule has 158 valence electrons. The molecule has 0 unspecified atom stereocenters. The van der Waals surface area contributed by atoms with Crippen LogP contribution in [-0.2, 0) is 14.1 Å². The maximum Gasteiger partial charge on any atom is 0.573 e. The van der Waals surface area contributed by atoms with E-state index in [2.05, 4.69) is 30.7 Å². The molecular weight excluding hydrogens is 420 g/mol. The topological polar surface area (TPSA) is 139 Å². The number of aromatic nitrogens is 7. The number of carbonyl (C=O) groups is 1. The minimum absolute atomic E-state index is 0.138. The van der Waals surface area contributed by atoms with Gasteiger partial charge in [-0.05, 0) is 22.6 Å². The molecule has 0 saturated carbocycles. The second-order valence-corrected chi connectivity index (χ2v) is 5.64. The third-order valence-electron chi connectivity index (χ3n) is 3.58. The first kappa shape index (κ1) is 20.6. The lowest BCUT2D eigenvalue weighted by molar-refractivity contribution is -0.275. The van der Waals surface area contributed by atoms with Gasteiger partial charge in [-0.1, -0.05) is 5.10 Å². The Morgan fingerprint density at radius 2 is 1.87 bits per heavy atom. The van der Waals surface area contributed by atoms with Crippen molar-refractivity contribution in [3.63, 3.8) is 0 Å². The van der Waals surface area contributed by atoms with E-state index < -0.39 is 46.5 Å². The number of hydrogen-bond donors (Lipinski definition) is 1. The van der Waals surface area contributed by atoms with E-state index in [0.29, 0.717) is 21.4 Å². The zero-order chi connectivity index (χ0) is 22.2. The third-order valence-corrected chi connectivity index (χ3v) is 3.58. The summed E-state index contributed by atoms with van der Waals surface area (Å²) in [6, 6.07) is 1.88. The van der Waals surface area contributed by atoms with Crippen LogP contribution in [0.1, 0.15) is 10.5 Å². The third kappa shape index (κ3) is 4.01. The van der Waals surface area contributed by atoms with E-state index in [0.717, 1.165) is 17.8 Å². The lowest BCUT2D eigenvalue weighted by atomic mass is 10.2. The summed E-state index contributed by atoms with van der Waals surface area (Å²) < 4.78 is 56.4. The fraction of sp³-hybridized carbons (Fsp3) is 0.214. The van der Waals surface area contributed by atoms with Gasteiger partial charge in [0.05, 0.1) is 5.69 Å². The number of aryl methyl sites for hydroxylation is 2. The summed E-state index contributed by atoms with van der Waals surface area (Å²) in [5.41, 5.74) is -3.57. The number of alkyl halides is 3. The molecule has 1 aromatic carbocycles. The SMILES string of the molecule is Cn1nnnc1NC(=O)c1nn(C)c(=O)n(-c2ccc(OC(F)(F)F)c(F)c2)c1=O. The van der Waals surface area contributed by atoms with E-state index in [1.165, 1.54) is 7.05 Å². The summed E-state index contributed by atoms with van der Waals surface area (Å²) >= 11 is 0. The van der Waals surface area contributed by atoms with E-state index >= 15 is 0 Å². The summed E-state index contributed by atoms with van der Waals surface area (Å²) in [5, 5.41) is 16.0. The highest BCUT2D eigenvalue weighted by molar-refractivity contribution is 6.01. The van der Waals surface area contributed by atoms with Gasteiger partial charge in [0.2, 0.25) is 11.6 Å². The number of nitrogens with zero attached hydrogens (tertiary/aromatic N) is 7. The van der Waals surface area contributed by atoms with Gasteiger partial charge in [-0.2, -0.15) is 5.10 Å². The van der Waals surface area contributed by atoms with Crippen molar-refractivity contribution >= 4 is 11.9 Å². The van der Waals surface area contributed by atoms with Crippen molar-refractivity contribution in [2.24, 2.45) is 14.1 Å². The Morgan fingerprint density at radius 3 is 2.43 bits per heavy atom. The molecule has 2 aromatic heterocycles. The fourth-order valence-corrected chi connectivity index (χ4v) is 2.28. The minimum Gasteiger partial charge on any atom is -0.403 e. The molecule has 3 rings (SSSR count). The van der Waals surface area contributed by atoms with Crippen LogP contribution in [0, 0.1) is 5.82 Å². The number of tetrazole rings is 1. The highest BCUT2D eigenvalue weighted by Crippen LogP contribution is 2.26. The zero-order valence-corrected chi connectivity index (χ0v) is 15.0. The second kappa shape index (κ2) is 7.37. The molecular formula is C14H10F4N8O4. The van der Waals surface area contributed by atoms with Gasteiger partial charge in [-0.3, -0.25) is 14.9 Å². The molecule has 2 heterocycles. The van der Waals surface area contributed by atoms with Gasteiger partial charge in [0, 0.05) is 20.2 Å². The van der Waals surface area contributed by atoms with Crippen molar-refractivity contribution < 1.29 is 27.1 Å². The molecule has 0 aliphatic rings. The van der Waals surface area contributed by atoms with Gasteiger partial charge in [0.1, 0.15) is 0 Å². The number of carbonyl (C=O) groups excluding carboxylic acids is 1. The van der Waals surface area contributed by atoms with Gasteiger partial charge in [-0.25, -0.2) is 23.1 Å². The van der Waals surface area contributed by atoms with Crippen LogP contribution in [0.4, 0.5) is 23.5 Å². The van der Waals surface area contributed by atoms with Crippen LogP contribution in [0.5, 0.6) is 5.75 Å². The molecule has 0 bridgehead atoms. The number of nitrogens with one attached hydrogen (secondary N) is 1. The molecule has 0 aliphatic carbocycles. The average molecular weight is 430 g/mol. The van der Waals surface area contributed by atoms with Crippen LogP contribution in [-0.4, -0.2) is 46.8 Å². The smallest absolute Gasteiger partial charge is 0.403 e. The maximum atomic E-state index is 14.0. The average Bonchev–Trinajstić information content (AvgIpc) is 3.04. The predicted molar refractivity (Wildman–Crippen MR) is 88.5 cm³/mol. The van der Waals surface area contributed by atoms with Crippen molar-refractivity contribution in [3.05, 3.63) is 50.5 Å². The summed E-state index contributed by atoms with van der Waals surface area (Å²) in [6.07, 6.45) is -5.15. The van der Waals surface area contributed by atoms with Crippen LogP contribution >= 0.6 is 0 Å². The number of halogens is 4. The molecule has 1 N–H and O–H groups in total. The van der Waals surface area contributed by atoms with Crippen molar-refractivity contribution in [2.45, 2.75) is 6.36 Å². The van der Waals surface area contributed by atoms with Crippen molar-refractivity contribution in [1.29, 1.82) is 0 Å². The van der Waals surface area contributed by atoms with E-state index in [1.54, 1.807) is 0 Å². The second-order valence-electron chi connectivity index (χ2n) is 5.64. The van der Waals surface area contributed by atoms with Crippen LogP contribution in [0.25, 0.3) is 5.69 Å². The first-order chi connectivity index (χ1) is 14.0. The van der Waals surface area contributed by atoms with Crippen molar-refractivity contribution in [2.75, 3.05) is 5.32 Å². The van der Waals surface area contributed by atoms with E-state index in [4.69, 9.17) is 0 Å². The fourth-order valence-electron chi connectivity index (χ4n) is 2.28. The molecule has 0 fully saturated rings. The quantitative estimate of drug-likeness (QED) is 0.559. The van der Waals surface area contributed by atoms with Gasteiger partial charge in [-0.15, -0.1) is 13.2 Å². The molecule has 12 nitrogen and oxygen atoms in total. The van der Waals surface area contributed by atoms with Gasteiger partial charge >= 0.3 is 12.1 Å². The molecule has 0 saturated heterocycles. The highest BCUT2D eigenvalue weighted by Gasteiger charge is 2.32. The molecule has 0 radical (unpaired) electrons. The molecule has 0 spiro atoms. The maximum absolute atomic E-state index is 14.0. The summed E-state index contributed by atoms with van der Waals surface area (Å²) in [6.45, 7) is 0. The standard InChI is InChI=1S/C14H10F4N8O4/c1-24-12(20-22-23-24)19-10(27)9-11(28)26(13(29)25(2)21-9)6-3-4-8(7(15)5-6)30-14(16,17)18/h3-5H,1-2H3,(H,19,20,23,27). The first-order valence-corrected chi connectivity index (χ1v) is 7.77. The Balaban J connectivity index is 2.07. The summed E-state index contributed by atoms with van der Waals surface area (Å²) in [5.74, 6) is -3.88. The number of ether oxygens (including phenoxy) is 1. The summed E-state index contributed by atoms with van der Waals surface area (Å²) in [4.78, 5) is 37.4. The molecule has 3 aromatic rings. The lowest BCUT2D eigenvalue weighted by Crippen LogP contribution is -2.43. The molecule has 16 heteroatoms. The van der Waals surface area contributed by atoms with Gasteiger partial charge in [0.25, 0.3) is 11.5 Å². The molecule has 1 amide bonds. The molecule has 30 heavy (non-hydrogen) atoms. The minimum atomic E-state index is -5.15. The Hall–Kier alpha value is -4.11. The number of rotatable bonds is 4. The highest BCUT2D eigenvalue weighted by atomic mass is 19.4. The number of hydrogen-bond acceptors (Lipinski definition) is 8. The Labute approximate surface area is 162 Å². The lowest BCUT2D eigenvalue weighted by Gasteiger charge is -2.12. The molecule has 0 aliphatic heterocycles. The largest absolute Gasteiger partial charge is 0.573 e. The number of amides is 1. The van der Waals surface area contributed by atoms with Crippen molar-refractivity contribution in [1.82, 2.24) is 34.6 Å². The van der Waals surface area contributed by atoms with E-state index in [1.807, 2.05) is 0 Å². The van der Waals surface area contributed by atoms with Crippen LogP contribution in [0.3, 0.4) is 0 Å².